The van der Waals surface area contributed by atoms with Gasteiger partial charge in [0.1, 0.15) is 11.2 Å². The molecule has 10 nitrogen and oxygen atoms in total. The fourth-order valence-electron chi connectivity index (χ4n) is 4.55. The molecule has 1 aliphatic carbocycles. The Bertz CT molecular complexity index is 1930. The highest BCUT2D eigenvalue weighted by Gasteiger charge is 2.73. The molecule has 1 aliphatic rings. The zero-order valence-corrected chi connectivity index (χ0v) is 26.1. The molecule has 1 heterocycles. The fraction of sp³-hybridized carbons (Fsp3) is 0.276. The van der Waals surface area contributed by atoms with Gasteiger partial charge in [-0.3, -0.25) is 9.69 Å². The quantitative estimate of drug-likeness (QED) is 0.0960. The summed E-state index contributed by atoms with van der Waals surface area (Å²) < 4.78 is 144. The lowest BCUT2D eigenvalue weighted by Gasteiger charge is -2.31. The normalized spacial score (nSPS) is 14.6. The van der Waals surface area contributed by atoms with Crippen molar-refractivity contribution in [2.45, 2.75) is 42.8 Å². The van der Waals surface area contributed by atoms with Gasteiger partial charge in [0.2, 0.25) is 0 Å². The molecule has 1 amide bonds. The number of carbonyl (C=O) groups excluding carboxylic acids is 2. The molecule has 0 spiro atoms. The minimum Gasteiger partial charge on any atom is -0.478 e. The van der Waals surface area contributed by atoms with E-state index < -0.39 is 82.6 Å². The Labute approximate surface area is 287 Å². The van der Waals surface area contributed by atoms with Crippen LogP contribution in [0.1, 0.15) is 28.8 Å². The lowest BCUT2D eigenvalue weighted by atomic mass is 9.93. The number of hydrogen-bond donors (Lipinski definition) is 1. The van der Waals surface area contributed by atoms with Crippen molar-refractivity contribution in [1.82, 2.24) is 14.7 Å². The Morgan fingerprint density at radius 2 is 1.59 bits per heavy atom. The number of nitrogens with zero attached hydrogens (tertiary/aromatic N) is 4. The van der Waals surface area contributed by atoms with Gasteiger partial charge in [-0.15, -0.1) is 13.2 Å². The van der Waals surface area contributed by atoms with Crippen LogP contribution in [0.25, 0.3) is 16.8 Å². The Morgan fingerprint density at radius 3 is 2.12 bits per heavy atom. The van der Waals surface area contributed by atoms with E-state index in [2.05, 4.69) is 9.84 Å². The maximum atomic E-state index is 14.8. The monoisotopic (exact) mass is 776 g/mol. The fourth-order valence-corrected chi connectivity index (χ4v) is 5.04. The number of alkyl halides is 10. The number of rotatable bonds is 10. The third kappa shape index (κ3) is 7.99. The summed E-state index contributed by atoms with van der Waals surface area (Å²) in [6.45, 7) is -0.826. The Morgan fingerprint density at radius 1 is 0.961 bits per heavy atom. The molecule has 0 saturated heterocycles. The number of benzene rings is 2. The van der Waals surface area contributed by atoms with Crippen LogP contribution >= 0.6 is 23.2 Å². The second-order valence-electron chi connectivity index (χ2n) is 10.5. The summed E-state index contributed by atoms with van der Waals surface area (Å²) in [5.74, 6) is -5.41. The molecular weight excluding hydrogens is 761 g/mol. The molecule has 22 heteroatoms. The van der Waals surface area contributed by atoms with Crippen LogP contribution in [0.3, 0.4) is 0 Å². The van der Waals surface area contributed by atoms with Crippen molar-refractivity contribution in [3.05, 3.63) is 76.0 Å². The van der Waals surface area contributed by atoms with Gasteiger partial charge < -0.3 is 14.6 Å². The van der Waals surface area contributed by atoms with E-state index in [0.717, 1.165) is 23.4 Å². The average molecular weight is 777 g/mol. The van der Waals surface area contributed by atoms with Crippen LogP contribution < -0.4 is 4.74 Å². The number of esters is 1. The minimum absolute atomic E-state index is 0.0279. The largest absolute Gasteiger partial charge is 0.573 e. The third-order valence-electron chi connectivity index (χ3n) is 7.17. The first-order valence-corrected chi connectivity index (χ1v) is 14.3. The maximum absolute atomic E-state index is 14.8. The maximum Gasteiger partial charge on any atom is 0.573 e. The van der Waals surface area contributed by atoms with Crippen LogP contribution in [0.2, 0.25) is 10.0 Å². The van der Waals surface area contributed by atoms with Gasteiger partial charge in [0, 0.05) is 29.5 Å². The first-order chi connectivity index (χ1) is 23.4. The molecule has 1 aromatic heterocycles. The predicted octanol–water partition coefficient (Wildman–Crippen LogP) is 7.67. The molecular formula is C29H16Cl2F10N4O6. The van der Waals surface area contributed by atoms with Crippen LogP contribution in [0.15, 0.2) is 54.9 Å². The topological polar surface area (TPSA) is 135 Å². The number of nitriles is 1. The van der Waals surface area contributed by atoms with Crippen molar-refractivity contribution in [2.75, 3.05) is 6.73 Å². The van der Waals surface area contributed by atoms with Crippen molar-refractivity contribution in [3.63, 3.8) is 0 Å². The zero-order chi connectivity index (χ0) is 38.3. The van der Waals surface area contributed by atoms with Crippen LogP contribution in [-0.2, 0) is 20.0 Å². The van der Waals surface area contributed by atoms with Crippen molar-refractivity contribution < 1.29 is 72.9 Å². The molecule has 4 rings (SSSR count). The van der Waals surface area contributed by atoms with E-state index in [0.29, 0.717) is 16.8 Å². The SMILES string of the molecule is N#CC1(N(COC(=O)/C=C/C(=O)O)C(=O)c2cc(-c3cnn(-c4c(Cl)cc(C(F)(C(F)(F)F)C(F)(F)F)cc4OC(F)(F)F)c3)ccc2Cl)CC1. The summed E-state index contributed by atoms with van der Waals surface area (Å²) >= 11 is 12.1. The molecule has 0 unspecified atom stereocenters. The van der Waals surface area contributed by atoms with Gasteiger partial charge in [0.05, 0.1) is 27.9 Å². The first-order valence-electron chi connectivity index (χ1n) is 13.5. The molecule has 272 valence electrons. The van der Waals surface area contributed by atoms with Crippen molar-refractivity contribution >= 4 is 41.0 Å². The van der Waals surface area contributed by atoms with Gasteiger partial charge in [0.15, 0.2) is 12.5 Å². The van der Waals surface area contributed by atoms with Gasteiger partial charge in [-0.25, -0.2) is 18.7 Å². The number of hydrogen-bond acceptors (Lipinski definition) is 7. The Hall–Kier alpha value is -5.03. The molecule has 3 aromatic rings. The molecule has 1 N–H and O–H groups in total. The number of aromatic nitrogens is 2. The average Bonchev–Trinajstić information content (AvgIpc) is 3.65. The molecule has 0 radical (unpaired) electrons. The van der Waals surface area contributed by atoms with E-state index in [1.165, 1.54) is 12.1 Å². The van der Waals surface area contributed by atoms with Gasteiger partial charge in [-0.2, -0.15) is 36.7 Å². The Balaban J connectivity index is 1.76. The molecule has 1 fully saturated rings. The van der Waals surface area contributed by atoms with Crippen molar-refractivity contribution in [3.8, 4) is 28.6 Å². The van der Waals surface area contributed by atoms with E-state index in [-0.39, 0.29) is 40.6 Å². The van der Waals surface area contributed by atoms with Gasteiger partial charge in [-0.05, 0) is 42.7 Å². The van der Waals surface area contributed by atoms with Gasteiger partial charge in [0.25, 0.3) is 5.91 Å². The van der Waals surface area contributed by atoms with E-state index >= 15 is 0 Å². The second kappa shape index (κ2) is 13.6. The van der Waals surface area contributed by atoms with E-state index in [4.69, 9.17) is 33.0 Å². The lowest BCUT2D eigenvalue weighted by molar-refractivity contribution is -0.348. The number of carboxylic acids is 1. The van der Waals surface area contributed by atoms with Crippen LogP contribution in [0.5, 0.6) is 5.75 Å². The summed E-state index contributed by atoms with van der Waals surface area (Å²) in [6.07, 6.45) is -16.0. The molecule has 1 saturated carbocycles. The van der Waals surface area contributed by atoms with Gasteiger partial charge in [-0.1, -0.05) is 29.3 Å². The summed E-state index contributed by atoms with van der Waals surface area (Å²) in [7, 11) is 0. The Kier molecular flexibility index (Phi) is 10.3. The molecule has 51 heavy (non-hydrogen) atoms. The standard InChI is InChI=1S/C29H16Cl2F10N4O6/c30-18-2-1-14(7-17(18)24(49)44(25(12-42)5-6-25)13-50-22(48)4-3-21(46)47)15-10-43-45(11-15)23-19(31)8-16(9-20(23)51-29(39,40)41)26(32,27(33,34)35)28(36,37)38/h1-4,7-11H,5-6,13H2,(H,46,47)/b4-3+. The van der Waals surface area contributed by atoms with Crippen molar-refractivity contribution in [2.24, 2.45) is 0 Å². The number of amides is 1. The van der Waals surface area contributed by atoms with E-state index in [9.17, 15) is 63.5 Å². The van der Waals surface area contributed by atoms with E-state index in [1.54, 1.807) is 0 Å². The van der Waals surface area contributed by atoms with Gasteiger partial charge >= 0.3 is 36.3 Å². The zero-order valence-electron chi connectivity index (χ0n) is 24.6. The highest BCUT2D eigenvalue weighted by molar-refractivity contribution is 6.34. The first kappa shape index (κ1) is 38.8. The number of aliphatic carboxylic acids is 1. The minimum atomic E-state index is -6.70. The van der Waals surface area contributed by atoms with Crippen LogP contribution in [0, 0.1) is 11.3 Å². The summed E-state index contributed by atoms with van der Waals surface area (Å²) in [5.41, 5.74) is -11.4. The number of halogens is 12. The predicted molar refractivity (Wildman–Crippen MR) is 152 cm³/mol. The molecule has 0 atom stereocenters. The summed E-state index contributed by atoms with van der Waals surface area (Å²) in [4.78, 5) is 37.0. The highest BCUT2D eigenvalue weighted by atomic mass is 35.5. The lowest BCUT2D eigenvalue weighted by Crippen LogP contribution is -2.50. The summed E-state index contributed by atoms with van der Waals surface area (Å²) in [6, 6.07) is 4.79. The second-order valence-corrected chi connectivity index (χ2v) is 11.3. The third-order valence-corrected chi connectivity index (χ3v) is 7.78. The smallest absolute Gasteiger partial charge is 0.478 e. The van der Waals surface area contributed by atoms with Crippen molar-refractivity contribution in [1.29, 1.82) is 5.26 Å². The van der Waals surface area contributed by atoms with Crippen LogP contribution in [-0.4, -0.2) is 68.6 Å². The highest BCUT2D eigenvalue weighted by Crippen LogP contribution is 2.55. The number of ether oxygens (including phenoxy) is 2. The number of carbonyl (C=O) groups is 3. The molecule has 2 aromatic carbocycles. The number of carboxylic acid groups (broad SMARTS) is 1. The summed E-state index contributed by atoms with van der Waals surface area (Å²) in [5, 5.41) is 20.6. The molecule has 0 aliphatic heterocycles. The molecule has 0 bridgehead atoms. The van der Waals surface area contributed by atoms with E-state index in [1.807, 2.05) is 6.07 Å². The van der Waals surface area contributed by atoms with Crippen LogP contribution in [0.4, 0.5) is 43.9 Å².